The average molecular weight is 355 g/mol. The number of phenols is 1. The van der Waals surface area contributed by atoms with Gasteiger partial charge in [-0.05, 0) is 55.0 Å². The Hall–Kier alpha value is -2.25. The van der Waals surface area contributed by atoms with E-state index in [1.165, 1.54) is 30.5 Å². The van der Waals surface area contributed by atoms with E-state index in [2.05, 4.69) is 9.93 Å². The summed E-state index contributed by atoms with van der Waals surface area (Å²) in [6.07, 6.45) is 1.29. The molecule has 0 amide bonds. The summed E-state index contributed by atoms with van der Waals surface area (Å²) in [6, 6.07) is 10.4. The lowest BCUT2D eigenvalue weighted by Crippen LogP contribution is -2.18. The van der Waals surface area contributed by atoms with Gasteiger partial charge in [0.25, 0.3) is 10.0 Å². The van der Waals surface area contributed by atoms with E-state index >= 15 is 0 Å². The van der Waals surface area contributed by atoms with E-state index in [1.54, 1.807) is 18.2 Å². The van der Waals surface area contributed by atoms with Crippen molar-refractivity contribution >= 4 is 27.8 Å². The van der Waals surface area contributed by atoms with Gasteiger partial charge in [-0.2, -0.15) is 13.5 Å². The average Bonchev–Trinajstić information content (AvgIpc) is 2.51. The SMILES string of the molecule is CCOc1ccc(S(=O)(=O)N/N=C/c2ccc(O)c(Cl)c2)cc1. The molecule has 0 saturated heterocycles. The fourth-order valence-corrected chi connectivity index (χ4v) is 2.69. The lowest BCUT2D eigenvalue weighted by molar-refractivity contribution is 0.340. The third kappa shape index (κ3) is 4.61. The molecule has 0 spiro atoms. The first-order chi connectivity index (χ1) is 10.9. The molecule has 0 aromatic heterocycles. The molecule has 0 radical (unpaired) electrons. The maximum absolute atomic E-state index is 12.1. The first-order valence-electron chi connectivity index (χ1n) is 6.68. The van der Waals surface area contributed by atoms with Crippen LogP contribution in [0, 0.1) is 0 Å². The second-order valence-corrected chi connectivity index (χ2v) is 6.54. The lowest BCUT2D eigenvalue weighted by Gasteiger charge is -2.05. The van der Waals surface area contributed by atoms with Crippen molar-refractivity contribution in [3.05, 3.63) is 53.1 Å². The predicted octanol–water partition coefficient (Wildman–Crippen LogP) is 2.76. The number of nitrogens with zero attached hydrogens (tertiary/aromatic N) is 1. The van der Waals surface area contributed by atoms with Crippen molar-refractivity contribution in [2.45, 2.75) is 11.8 Å². The monoisotopic (exact) mass is 354 g/mol. The molecule has 0 bridgehead atoms. The molecule has 0 saturated carbocycles. The Balaban J connectivity index is 2.08. The highest BCUT2D eigenvalue weighted by Crippen LogP contribution is 2.22. The van der Waals surface area contributed by atoms with Crippen LogP contribution in [-0.2, 0) is 10.0 Å². The van der Waals surface area contributed by atoms with Crippen molar-refractivity contribution in [1.29, 1.82) is 0 Å². The second-order valence-electron chi connectivity index (χ2n) is 4.47. The third-order valence-corrected chi connectivity index (χ3v) is 4.34. The smallest absolute Gasteiger partial charge is 0.276 e. The first kappa shape index (κ1) is 17.1. The zero-order chi connectivity index (χ0) is 16.9. The topological polar surface area (TPSA) is 88.0 Å². The quantitative estimate of drug-likeness (QED) is 0.616. The summed E-state index contributed by atoms with van der Waals surface area (Å²) >= 11 is 5.76. The molecule has 6 nitrogen and oxygen atoms in total. The molecule has 2 N–H and O–H groups in total. The predicted molar refractivity (Wildman–Crippen MR) is 88.6 cm³/mol. The summed E-state index contributed by atoms with van der Waals surface area (Å²) in [5.74, 6) is 0.535. The summed E-state index contributed by atoms with van der Waals surface area (Å²) in [4.78, 5) is 2.18. The fraction of sp³-hybridized carbons (Fsp3) is 0.133. The van der Waals surface area contributed by atoms with Crippen molar-refractivity contribution in [2.24, 2.45) is 5.10 Å². The Labute approximate surface area is 139 Å². The third-order valence-electron chi connectivity index (χ3n) is 2.80. The molecule has 0 fully saturated rings. The molecular formula is C15H15ClN2O4S. The maximum Gasteiger partial charge on any atom is 0.276 e. The Morgan fingerprint density at radius 1 is 1.26 bits per heavy atom. The summed E-state index contributed by atoms with van der Waals surface area (Å²) in [5, 5.41) is 13.2. The van der Waals surface area contributed by atoms with E-state index in [0.717, 1.165) is 0 Å². The summed E-state index contributed by atoms with van der Waals surface area (Å²) in [7, 11) is -3.77. The van der Waals surface area contributed by atoms with Gasteiger partial charge in [0.05, 0.1) is 22.7 Å². The van der Waals surface area contributed by atoms with Gasteiger partial charge in [-0.25, -0.2) is 4.83 Å². The van der Waals surface area contributed by atoms with Crippen LogP contribution in [0.4, 0.5) is 0 Å². The summed E-state index contributed by atoms with van der Waals surface area (Å²) < 4.78 is 29.4. The van der Waals surface area contributed by atoms with Gasteiger partial charge in [0.15, 0.2) is 0 Å². The Morgan fingerprint density at radius 2 is 1.96 bits per heavy atom. The molecule has 2 aromatic carbocycles. The minimum atomic E-state index is -3.77. The molecule has 0 aliphatic carbocycles. The number of hydrogen-bond acceptors (Lipinski definition) is 5. The van der Waals surface area contributed by atoms with Crippen molar-refractivity contribution < 1.29 is 18.3 Å². The van der Waals surface area contributed by atoms with Crippen molar-refractivity contribution in [3.63, 3.8) is 0 Å². The Bertz CT molecular complexity index is 805. The zero-order valence-corrected chi connectivity index (χ0v) is 13.8. The Morgan fingerprint density at radius 3 is 2.57 bits per heavy atom. The normalized spacial score (nSPS) is 11.6. The first-order valence-corrected chi connectivity index (χ1v) is 8.55. The van der Waals surface area contributed by atoms with Crippen LogP contribution in [0.15, 0.2) is 52.5 Å². The summed E-state index contributed by atoms with van der Waals surface area (Å²) in [6.45, 7) is 2.35. The molecule has 122 valence electrons. The molecule has 0 aliphatic heterocycles. The van der Waals surface area contributed by atoms with Gasteiger partial charge in [-0.1, -0.05) is 11.6 Å². The lowest BCUT2D eigenvalue weighted by atomic mass is 10.2. The van der Waals surface area contributed by atoms with Crippen LogP contribution in [0.1, 0.15) is 12.5 Å². The van der Waals surface area contributed by atoms with Gasteiger partial charge in [0.2, 0.25) is 0 Å². The van der Waals surface area contributed by atoms with Crippen molar-refractivity contribution in [3.8, 4) is 11.5 Å². The number of sulfonamides is 1. The molecule has 23 heavy (non-hydrogen) atoms. The minimum absolute atomic E-state index is 0.0567. The number of rotatable bonds is 6. The molecule has 2 rings (SSSR count). The summed E-state index contributed by atoms with van der Waals surface area (Å²) in [5.41, 5.74) is 0.544. The van der Waals surface area contributed by atoms with Crippen LogP contribution in [0.3, 0.4) is 0 Å². The number of benzene rings is 2. The molecule has 0 aliphatic rings. The number of aromatic hydroxyl groups is 1. The number of hydrazone groups is 1. The van der Waals surface area contributed by atoms with Crippen molar-refractivity contribution in [1.82, 2.24) is 4.83 Å². The van der Waals surface area contributed by atoms with E-state index < -0.39 is 10.0 Å². The highest BCUT2D eigenvalue weighted by molar-refractivity contribution is 7.89. The number of nitrogens with one attached hydrogen (secondary N) is 1. The van der Waals surface area contributed by atoms with Crippen LogP contribution in [0.2, 0.25) is 5.02 Å². The maximum atomic E-state index is 12.1. The number of hydrogen-bond donors (Lipinski definition) is 2. The molecule has 2 aromatic rings. The zero-order valence-electron chi connectivity index (χ0n) is 12.2. The molecule has 0 unspecified atom stereocenters. The molecular weight excluding hydrogens is 340 g/mol. The number of ether oxygens (including phenoxy) is 1. The van der Waals surface area contributed by atoms with Gasteiger partial charge in [0, 0.05) is 0 Å². The van der Waals surface area contributed by atoms with E-state index in [9.17, 15) is 13.5 Å². The Kier molecular flexibility index (Phi) is 5.46. The van der Waals surface area contributed by atoms with Gasteiger partial charge >= 0.3 is 0 Å². The van der Waals surface area contributed by atoms with Crippen LogP contribution in [-0.4, -0.2) is 26.3 Å². The fourth-order valence-electron chi connectivity index (χ4n) is 1.71. The van der Waals surface area contributed by atoms with Crippen LogP contribution < -0.4 is 9.57 Å². The van der Waals surface area contributed by atoms with Crippen molar-refractivity contribution in [2.75, 3.05) is 6.61 Å². The van der Waals surface area contributed by atoms with Gasteiger partial charge in [-0.15, -0.1) is 0 Å². The van der Waals surface area contributed by atoms with Gasteiger partial charge in [-0.3, -0.25) is 0 Å². The van der Waals surface area contributed by atoms with Crippen LogP contribution in [0.25, 0.3) is 0 Å². The largest absolute Gasteiger partial charge is 0.506 e. The van der Waals surface area contributed by atoms with E-state index in [1.807, 2.05) is 6.92 Å². The molecule has 0 atom stereocenters. The number of phenolic OH excluding ortho intramolecular Hbond substituents is 1. The highest BCUT2D eigenvalue weighted by atomic mass is 35.5. The van der Waals surface area contributed by atoms with Gasteiger partial charge in [0.1, 0.15) is 11.5 Å². The second kappa shape index (κ2) is 7.34. The number of halogens is 1. The minimum Gasteiger partial charge on any atom is -0.506 e. The van der Waals surface area contributed by atoms with E-state index in [-0.39, 0.29) is 15.7 Å². The standard InChI is InChI=1S/C15H15ClN2O4S/c1-2-22-12-4-6-13(7-5-12)23(20,21)18-17-10-11-3-8-15(19)14(16)9-11/h3-10,18-19H,2H2,1H3/b17-10+. The van der Waals surface area contributed by atoms with E-state index in [4.69, 9.17) is 16.3 Å². The molecule has 8 heteroatoms. The van der Waals surface area contributed by atoms with E-state index in [0.29, 0.717) is 17.9 Å². The van der Waals surface area contributed by atoms with Crippen LogP contribution >= 0.6 is 11.6 Å². The highest BCUT2D eigenvalue weighted by Gasteiger charge is 2.12. The van der Waals surface area contributed by atoms with Gasteiger partial charge < -0.3 is 9.84 Å². The molecule has 0 heterocycles. The van der Waals surface area contributed by atoms with Crippen LogP contribution in [0.5, 0.6) is 11.5 Å².